The van der Waals surface area contributed by atoms with E-state index in [2.05, 4.69) is 5.32 Å². The van der Waals surface area contributed by atoms with Gasteiger partial charge in [0.05, 0.1) is 0 Å². The van der Waals surface area contributed by atoms with Gasteiger partial charge < -0.3 is 15.5 Å². The predicted octanol–water partition coefficient (Wildman–Crippen LogP) is 1.93. The summed E-state index contributed by atoms with van der Waals surface area (Å²) in [6.07, 6.45) is 0.659. The summed E-state index contributed by atoms with van der Waals surface area (Å²) < 4.78 is 0. The van der Waals surface area contributed by atoms with Crippen LogP contribution in [-0.4, -0.2) is 28.1 Å². The van der Waals surface area contributed by atoms with Crippen molar-refractivity contribution in [2.75, 3.05) is 0 Å². The maximum absolute atomic E-state index is 12.0. The number of carboxylic acids is 1. The number of carboxylic acid groups (broad SMARTS) is 1. The van der Waals surface area contributed by atoms with E-state index in [9.17, 15) is 14.7 Å². The second-order valence-electron chi connectivity index (χ2n) is 4.68. The maximum atomic E-state index is 12.0. The fourth-order valence-electron chi connectivity index (χ4n) is 1.70. The Morgan fingerprint density at radius 1 is 1.37 bits per heavy atom. The van der Waals surface area contributed by atoms with Crippen molar-refractivity contribution in [3.05, 3.63) is 29.3 Å². The molecule has 0 radical (unpaired) electrons. The number of aromatic hydroxyl groups is 1. The highest BCUT2D eigenvalue weighted by Gasteiger charge is 2.25. The highest BCUT2D eigenvalue weighted by molar-refractivity contribution is 5.96. The fourth-order valence-corrected chi connectivity index (χ4v) is 1.70. The van der Waals surface area contributed by atoms with Gasteiger partial charge in [0.25, 0.3) is 5.91 Å². The second-order valence-corrected chi connectivity index (χ2v) is 4.68. The fraction of sp³-hybridized carbons (Fsp3) is 0.429. The Labute approximate surface area is 112 Å². The molecule has 1 aromatic carbocycles. The SMILES string of the molecule is CC[C@H](C)[C@H](NC(=O)c1ccc(O)c(C)c1)C(=O)O. The summed E-state index contributed by atoms with van der Waals surface area (Å²) >= 11 is 0. The van der Waals surface area contributed by atoms with E-state index >= 15 is 0 Å². The van der Waals surface area contributed by atoms with E-state index in [0.29, 0.717) is 17.5 Å². The first-order valence-corrected chi connectivity index (χ1v) is 6.20. The van der Waals surface area contributed by atoms with Crippen LogP contribution in [0.25, 0.3) is 0 Å². The molecule has 0 heterocycles. The summed E-state index contributed by atoms with van der Waals surface area (Å²) in [6, 6.07) is 3.50. The summed E-state index contributed by atoms with van der Waals surface area (Å²) in [5.74, 6) is -1.54. The van der Waals surface area contributed by atoms with Gasteiger partial charge in [-0.05, 0) is 36.6 Å². The van der Waals surface area contributed by atoms with Crippen LogP contribution in [0.2, 0.25) is 0 Å². The number of rotatable bonds is 5. The van der Waals surface area contributed by atoms with Gasteiger partial charge in [-0.1, -0.05) is 20.3 Å². The van der Waals surface area contributed by atoms with Crippen molar-refractivity contribution in [1.29, 1.82) is 0 Å². The maximum Gasteiger partial charge on any atom is 0.326 e. The average Bonchev–Trinajstić information content (AvgIpc) is 2.37. The third kappa shape index (κ3) is 3.71. The van der Waals surface area contributed by atoms with E-state index in [0.717, 1.165) is 0 Å². The average molecular weight is 265 g/mol. The Morgan fingerprint density at radius 2 is 2.00 bits per heavy atom. The normalized spacial score (nSPS) is 13.6. The van der Waals surface area contributed by atoms with Crippen molar-refractivity contribution in [2.45, 2.75) is 33.2 Å². The van der Waals surface area contributed by atoms with Crippen LogP contribution in [0.3, 0.4) is 0 Å². The van der Waals surface area contributed by atoms with Gasteiger partial charge in [0.15, 0.2) is 0 Å². The topological polar surface area (TPSA) is 86.6 Å². The van der Waals surface area contributed by atoms with Crippen LogP contribution in [0.1, 0.15) is 36.2 Å². The number of benzene rings is 1. The number of aliphatic carboxylic acids is 1. The molecule has 0 spiro atoms. The van der Waals surface area contributed by atoms with Gasteiger partial charge in [0.1, 0.15) is 11.8 Å². The molecule has 0 saturated carbocycles. The van der Waals surface area contributed by atoms with Crippen LogP contribution in [-0.2, 0) is 4.79 Å². The van der Waals surface area contributed by atoms with E-state index in [-0.39, 0.29) is 11.7 Å². The molecule has 1 amide bonds. The van der Waals surface area contributed by atoms with E-state index in [1.54, 1.807) is 13.8 Å². The summed E-state index contributed by atoms with van der Waals surface area (Å²) in [4.78, 5) is 23.1. The number of amides is 1. The van der Waals surface area contributed by atoms with Gasteiger partial charge in [-0.3, -0.25) is 4.79 Å². The molecule has 0 bridgehead atoms. The lowest BCUT2D eigenvalue weighted by Gasteiger charge is -2.20. The molecule has 1 rings (SSSR count). The van der Waals surface area contributed by atoms with Crippen LogP contribution >= 0.6 is 0 Å². The smallest absolute Gasteiger partial charge is 0.326 e. The Hall–Kier alpha value is -2.04. The van der Waals surface area contributed by atoms with Crippen molar-refractivity contribution < 1.29 is 19.8 Å². The minimum absolute atomic E-state index is 0.105. The molecule has 0 aliphatic carbocycles. The molecule has 2 atom stereocenters. The van der Waals surface area contributed by atoms with Crippen LogP contribution in [0.5, 0.6) is 5.75 Å². The lowest BCUT2D eigenvalue weighted by molar-refractivity contribution is -0.140. The Balaban J connectivity index is 2.87. The third-order valence-corrected chi connectivity index (χ3v) is 3.22. The van der Waals surface area contributed by atoms with Crippen LogP contribution in [0.15, 0.2) is 18.2 Å². The first-order valence-electron chi connectivity index (χ1n) is 6.20. The molecule has 0 unspecified atom stereocenters. The third-order valence-electron chi connectivity index (χ3n) is 3.22. The first-order chi connectivity index (χ1) is 8.86. The quantitative estimate of drug-likeness (QED) is 0.759. The standard InChI is InChI=1S/C14H19NO4/c1-4-8(2)12(14(18)19)15-13(17)10-5-6-11(16)9(3)7-10/h5-8,12,16H,4H2,1-3H3,(H,15,17)(H,18,19)/t8-,12-/m0/s1. The van der Waals surface area contributed by atoms with Crippen molar-refractivity contribution in [3.8, 4) is 5.75 Å². The van der Waals surface area contributed by atoms with Crippen molar-refractivity contribution in [3.63, 3.8) is 0 Å². The lowest BCUT2D eigenvalue weighted by Crippen LogP contribution is -2.45. The molecule has 104 valence electrons. The van der Waals surface area contributed by atoms with Crippen molar-refractivity contribution >= 4 is 11.9 Å². The number of carbonyl (C=O) groups is 2. The minimum Gasteiger partial charge on any atom is -0.508 e. The summed E-state index contributed by atoms with van der Waals surface area (Å²) in [5, 5.41) is 21.0. The van der Waals surface area contributed by atoms with E-state index in [1.807, 2.05) is 6.92 Å². The van der Waals surface area contributed by atoms with E-state index in [1.165, 1.54) is 18.2 Å². The molecule has 1 aromatic rings. The Morgan fingerprint density at radius 3 is 2.47 bits per heavy atom. The molecule has 0 aliphatic rings. The molecule has 0 fully saturated rings. The van der Waals surface area contributed by atoms with Crippen molar-refractivity contribution in [1.82, 2.24) is 5.32 Å². The molecule has 0 aromatic heterocycles. The number of carbonyl (C=O) groups excluding carboxylic acids is 1. The highest BCUT2D eigenvalue weighted by Crippen LogP contribution is 2.17. The highest BCUT2D eigenvalue weighted by atomic mass is 16.4. The Bertz CT molecular complexity index is 484. The zero-order valence-electron chi connectivity index (χ0n) is 11.3. The van der Waals surface area contributed by atoms with Crippen LogP contribution < -0.4 is 5.32 Å². The number of nitrogens with one attached hydrogen (secondary N) is 1. The number of phenols is 1. The molecule has 0 aliphatic heterocycles. The van der Waals surface area contributed by atoms with Gasteiger partial charge in [-0.15, -0.1) is 0 Å². The minimum atomic E-state index is -1.04. The van der Waals surface area contributed by atoms with E-state index < -0.39 is 17.9 Å². The van der Waals surface area contributed by atoms with E-state index in [4.69, 9.17) is 5.11 Å². The molecular formula is C14H19NO4. The van der Waals surface area contributed by atoms with Crippen LogP contribution in [0, 0.1) is 12.8 Å². The zero-order valence-corrected chi connectivity index (χ0v) is 11.3. The molecule has 19 heavy (non-hydrogen) atoms. The van der Waals surface area contributed by atoms with Gasteiger partial charge in [0.2, 0.25) is 0 Å². The second kappa shape index (κ2) is 6.22. The summed E-state index contributed by atoms with van der Waals surface area (Å²) in [5.41, 5.74) is 0.910. The molecule has 0 saturated heterocycles. The first kappa shape index (κ1) is 15.0. The number of phenolic OH excluding ortho intramolecular Hbond substituents is 1. The Kier molecular flexibility index (Phi) is 4.92. The lowest BCUT2D eigenvalue weighted by atomic mass is 9.98. The van der Waals surface area contributed by atoms with Crippen molar-refractivity contribution in [2.24, 2.45) is 5.92 Å². The van der Waals surface area contributed by atoms with Crippen LogP contribution in [0.4, 0.5) is 0 Å². The number of aryl methyl sites for hydroxylation is 1. The van der Waals surface area contributed by atoms with Gasteiger partial charge >= 0.3 is 5.97 Å². The molecule has 5 nitrogen and oxygen atoms in total. The number of hydrogen-bond donors (Lipinski definition) is 3. The largest absolute Gasteiger partial charge is 0.508 e. The number of hydrogen-bond acceptors (Lipinski definition) is 3. The predicted molar refractivity (Wildman–Crippen MR) is 71.2 cm³/mol. The monoisotopic (exact) mass is 265 g/mol. The van der Waals surface area contributed by atoms with Gasteiger partial charge in [0, 0.05) is 5.56 Å². The molecule has 3 N–H and O–H groups in total. The molecular weight excluding hydrogens is 246 g/mol. The summed E-state index contributed by atoms with van der Waals surface area (Å²) in [6.45, 7) is 5.33. The zero-order chi connectivity index (χ0) is 14.6. The summed E-state index contributed by atoms with van der Waals surface area (Å²) in [7, 11) is 0. The molecule has 5 heteroatoms. The van der Waals surface area contributed by atoms with Gasteiger partial charge in [-0.25, -0.2) is 4.79 Å². The van der Waals surface area contributed by atoms with Gasteiger partial charge in [-0.2, -0.15) is 0 Å².